The minimum absolute atomic E-state index is 0.0213. The Bertz CT molecular complexity index is 1370. The summed E-state index contributed by atoms with van der Waals surface area (Å²) < 4.78 is 85.2. The summed E-state index contributed by atoms with van der Waals surface area (Å²) in [4.78, 5) is 29.0. The van der Waals surface area contributed by atoms with Crippen LogP contribution in [0.3, 0.4) is 0 Å². The Morgan fingerprint density at radius 1 is 0.881 bits per heavy atom. The van der Waals surface area contributed by atoms with Crippen LogP contribution in [0.5, 0.6) is 11.5 Å². The third-order valence-electron chi connectivity index (χ3n) is 6.54. The number of carbonyl (C=O) groups is 2. The second-order valence-electron chi connectivity index (χ2n) is 9.85. The van der Waals surface area contributed by atoms with Crippen molar-refractivity contribution in [3.63, 3.8) is 0 Å². The molecule has 42 heavy (non-hydrogen) atoms. The van der Waals surface area contributed by atoms with E-state index in [0.717, 1.165) is 0 Å². The Hall–Kier alpha value is -4.26. The van der Waals surface area contributed by atoms with E-state index in [9.17, 15) is 35.9 Å². The zero-order valence-corrected chi connectivity index (χ0v) is 22.2. The highest BCUT2D eigenvalue weighted by molar-refractivity contribution is 5.86. The fraction of sp³-hybridized carbons (Fsp3) is 0.310. The molecule has 1 atom stereocenters. The van der Waals surface area contributed by atoms with Gasteiger partial charge in [-0.1, -0.05) is 24.3 Å². The topological polar surface area (TPSA) is 87.9 Å². The number of hydrogen-bond donors (Lipinski definition) is 2. The molecule has 224 valence electrons. The smallest absolute Gasteiger partial charge is 0.416 e. The summed E-state index contributed by atoms with van der Waals surface area (Å²) in [7, 11) is 0. The Labute approximate surface area is 237 Å². The van der Waals surface area contributed by atoms with Crippen LogP contribution in [-0.2, 0) is 28.5 Å². The number of nitrogens with zero attached hydrogens (tertiary/aromatic N) is 2. The summed E-state index contributed by atoms with van der Waals surface area (Å²) in [6.07, 6.45) is -9.40. The lowest BCUT2D eigenvalue weighted by atomic mass is 10.0. The summed E-state index contributed by atoms with van der Waals surface area (Å²) in [5.41, 5.74) is 3.02. The van der Waals surface area contributed by atoms with Gasteiger partial charge in [-0.2, -0.15) is 26.3 Å². The van der Waals surface area contributed by atoms with Gasteiger partial charge in [0.2, 0.25) is 11.8 Å². The first kappa shape index (κ1) is 30.7. The SMILES string of the molecule is N[C@H]1CCN(C(=O)CN(CC(=O)NCc2cc(C(F)(F)F)cc(C(F)(F)F)c2)c2cccc(Oc3ccccc3)c2)C1. The van der Waals surface area contributed by atoms with Crippen molar-refractivity contribution in [3.8, 4) is 11.5 Å². The maximum atomic E-state index is 13.2. The van der Waals surface area contributed by atoms with Crippen molar-refractivity contribution in [1.29, 1.82) is 0 Å². The van der Waals surface area contributed by atoms with E-state index in [1.54, 1.807) is 53.4 Å². The fourth-order valence-electron chi connectivity index (χ4n) is 4.44. The van der Waals surface area contributed by atoms with Gasteiger partial charge in [-0.05, 0) is 54.4 Å². The van der Waals surface area contributed by atoms with Gasteiger partial charge in [-0.15, -0.1) is 0 Å². The normalized spacial score (nSPS) is 15.4. The van der Waals surface area contributed by atoms with E-state index in [4.69, 9.17) is 10.5 Å². The molecule has 3 aromatic rings. The van der Waals surface area contributed by atoms with Gasteiger partial charge in [0.1, 0.15) is 11.5 Å². The van der Waals surface area contributed by atoms with Crippen LogP contribution in [0.2, 0.25) is 0 Å². The third-order valence-corrected chi connectivity index (χ3v) is 6.54. The first-order valence-corrected chi connectivity index (χ1v) is 12.9. The summed E-state index contributed by atoms with van der Waals surface area (Å²) >= 11 is 0. The number of anilines is 1. The van der Waals surface area contributed by atoms with E-state index in [0.29, 0.717) is 48.8 Å². The zero-order chi connectivity index (χ0) is 30.5. The Balaban J connectivity index is 1.52. The van der Waals surface area contributed by atoms with Gasteiger partial charge in [0.15, 0.2) is 0 Å². The second kappa shape index (κ2) is 12.7. The Morgan fingerprint density at radius 3 is 2.12 bits per heavy atom. The number of hydrogen-bond acceptors (Lipinski definition) is 5. The molecule has 0 spiro atoms. The number of nitrogens with two attached hydrogens (primary N) is 1. The molecule has 1 aliphatic rings. The quantitative estimate of drug-likeness (QED) is 0.333. The summed E-state index contributed by atoms with van der Waals surface area (Å²) in [6.45, 7) is -0.421. The van der Waals surface area contributed by atoms with Gasteiger partial charge >= 0.3 is 12.4 Å². The molecule has 0 aromatic heterocycles. The highest BCUT2D eigenvalue weighted by Gasteiger charge is 2.37. The number of para-hydroxylation sites is 1. The predicted molar refractivity (Wildman–Crippen MR) is 143 cm³/mol. The summed E-state index contributed by atoms with van der Waals surface area (Å²) in [6, 6.07) is 16.5. The van der Waals surface area contributed by atoms with Crippen molar-refractivity contribution < 1.29 is 40.7 Å². The van der Waals surface area contributed by atoms with Crippen LogP contribution in [0.25, 0.3) is 0 Å². The number of carbonyl (C=O) groups excluding carboxylic acids is 2. The maximum Gasteiger partial charge on any atom is 0.416 e. The number of ether oxygens (including phenoxy) is 1. The number of rotatable bonds is 9. The molecule has 13 heteroatoms. The van der Waals surface area contributed by atoms with Gasteiger partial charge < -0.3 is 25.6 Å². The highest BCUT2D eigenvalue weighted by Crippen LogP contribution is 2.36. The highest BCUT2D eigenvalue weighted by atomic mass is 19.4. The molecule has 1 fully saturated rings. The molecule has 3 aromatic carbocycles. The molecule has 0 unspecified atom stereocenters. The molecule has 1 aliphatic heterocycles. The summed E-state index contributed by atoms with van der Waals surface area (Å²) in [5, 5.41) is 2.37. The van der Waals surface area contributed by atoms with Crippen LogP contribution >= 0.6 is 0 Å². The molecule has 1 heterocycles. The lowest BCUT2D eigenvalue weighted by Crippen LogP contribution is -2.44. The fourth-order valence-corrected chi connectivity index (χ4v) is 4.44. The predicted octanol–water partition coefficient (Wildman–Crippen LogP) is 5.20. The lowest BCUT2D eigenvalue weighted by Gasteiger charge is -2.27. The first-order valence-electron chi connectivity index (χ1n) is 12.9. The number of halogens is 6. The number of nitrogens with one attached hydrogen (secondary N) is 1. The molecule has 7 nitrogen and oxygen atoms in total. The molecule has 4 rings (SSSR count). The van der Waals surface area contributed by atoms with E-state index < -0.39 is 42.5 Å². The molecule has 0 saturated carbocycles. The van der Waals surface area contributed by atoms with E-state index in [1.807, 2.05) is 6.07 Å². The van der Waals surface area contributed by atoms with E-state index in [-0.39, 0.29) is 30.1 Å². The van der Waals surface area contributed by atoms with Crippen molar-refractivity contribution in [1.82, 2.24) is 10.2 Å². The maximum absolute atomic E-state index is 13.2. The Kier molecular flexibility index (Phi) is 9.30. The van der Waals surface area contributed by atoms with Crippen molar-refractivity contribution in [2.75, 3.05) is 31.1 Å². The average Bonchev–Trinajstić information content (AvgIpc) is 3.37. The van der Waals surface area contributed by atoms with Gasteiger partial charge in [-0.25, -0.2) is 0 Å². The van der Waals surface area contributed by atoms with Crippen molar-refractivity contribution >= 4 is 17.5 Å². The molecule has 3 N–H and O–H groups in total. The molecule has 0 bridgehead atoms. The average molecular weight is 595 g/mol. The van der Waals surface area contributed by atoms with Crippen LogP contribution in [0.1, 0.15) is 23.1 Å². The first-order chi connectivity index (χ1) is 19.8. The lowest BCUT2D eigenvalue weighted by molar-refractivity contribution is -0.143. The minimum Gasteiger partial charge on any atom is -0.457 e. The molecule has 1 saturated heterocycles. The minimum atomic E-state index is -5.01. The van der Waals surface area contributed by atoms with Crippen LogP contribution in [-0.4, -0.2) is 48.9 Å². The number of amides is 2. The molecule has 0 radical (unpaired) electrons. The molecular formula is C29H28F6N4O3. The van der Waals surface area contributed by atoms with Crippen molar-refractivity contribution in [3.05, 3.63) is 89.5 Å². The largest absolute Gasteiger partial charge is 0.457 e. The van der Waals surface area contributed by atoms with Gasteiger partial charge in [0.25, 0.3) is 0 Å². The number of benzene rings is 3. The molecule has 2 amide bonds. The second-order valence-corrected chi connectivity index (χ2v) is 9.85. The molecule has 0 aliphatic carbocycles. The zero-order valence-electron chi connectivity index (χ0n) is 22.2. The Morgan fingerprint density at radius 2 is 1.52 bits per heavy atom. The van der Waals surface area contributed by atoms with E-state index in [2.05, 4.69) is 5.32 Å². The van der Waals surface area contributed by atoms with Crippen LogP contribution in [0, 0.1) is 0 Å². The van der Waals surface area contributed by atoms with Gasteiger partial charge in [0, 0.05) is 37.4 Å². The van der Waals surface area contributed by atoms with Gasteiger partial charge in [-0.3, -0.25) is 9.59 Å². The standard InChI is InChI=1S/C29H28F6N4O3/c30-28(31,32)20-11-19(12-21(13-20)29(33,34)35)15-37-26(40)17-39(18-27(41)38-10-9-22(36)16-38)23-5-4-8-25(14-23)42-24-6-2-1-3-7-24/h1-8,11-14,22H,9-10,15-18,36H2,(H,37,40)/t22-/m0/s1. The van der Waals surface area contributed by atoms with Crippen LogP contribution in [0.15, 0.2) is 72.8 Å². The van der Waals surface area contributed by atoms with Crippen molar-refractivity contribution in [2.24, 2.45) is 5.73 Å². The van der Waals surface area contributed by atoms with Crippen molar-refractivity contribution in [2.45, 2.75) is 31.4 Å². The third kappa shape index (κ3) is 8.38. The number of likely N-dealkylation sites (tertiary alicyclic amines) is 1. The summed E-state index contributed by atoms with van der Waals surface area (Å²) in [5.74, 6) is -0.0390. The monoisotopic (exact) mass is 594 g/mol. The number of alkyl halides is 6. The van der Waals surface area contributed by atoms with Crippen LogP contribution in [0.4, 0.5) is 32.0 Å². The van der Waals surface area contributed by atoms with E-state index >= 15 is 0 Å². The van der Waals surface area contributed by atoms with Crippen LogP contribution < -0.4 is 20.7 Å². The van der Waals surface area contributed by atoms with Gasteiger partial charge in [0.05, 0.1) is 24.2 Å². The molecular weight excluding hydrogens is 566 g/mol. The van der Waals surface area contributed by atoms with E-state index in [1.165, 1.54) is 4.90 Å².